The number of nitriles is 1. The van der Waals surface area contributed by atoms with E-state index in [0.717, 1.165) is 11.6 Å². The number of benzene rings is 1. The van der Waals surface area contributed by atoms with Crippen LogP contribution >= 0.6 is 0 Å². The summed E-state index contributed by atoms with van der Waals surface area (Å²) < 4.78 is 0. The van der Waals surface area contributed by atoms with Crippen LogP contribution in [0.3, 0.4) is 0 Å². The standard InChI is InChI=1S/C15H21N3/c1-10-4-3-5-15(11(10)2)18-13-7-6-12(9-16)14(17)8-13/h6-8,10-11,15,18H,3-5,17H2,1-2H3. The lowest BCUT2D eigenvalue weighted by atomic mass is 9.78. The van der Waals surface area contributed by atoms with E-state index in [2.05, 4.69) is 25.2 Å². The third-order valence-corrected chi connectivity index (χ3v) is 4.23. The minimum absolute atomic E-state index is 0.515. The van der Waals surface area contributed by atoms with Crippen LogP contribution < -0.4 is 11.1 Å². The maximum absolute atomic E-state index is 8.86. The summed E-state index contributed by atoms with van der Waals surface area (Å²) in [5.74, 6) is 1.45. The number of nitrogens with two attached hydrogens (primary N) is 1. The average Bonchev–Trinajstić information content (AvgIpc) is 2.35. The highest BCUT2D eigenvalue weighted by Gasteiger charge is 2.26. The van der Waals surface area contributed by atoms with E-state index in [9.17, 15) is 0 Å². The molecule has 0 bridgehead atoms. The van der Waals surface area contributed by atoms with E-state index < -0.39 is 0 Å². The van der Waals surface area contributed by atoms with Gasteiger partial charge in [-0.3, -0.25) is 0 Å². The smallest absolute Gasteiger partial charge is 0.101 e. The van der Waals surface area contributed by atoms with Gasteiger partial charge in [0.2, 0.25) is 0 Å². The van der Waals surface area contributed by atoms with Crippen molar-refractivity contribution < 1.29 is 0 Å². The van der Waals surface area contributed by atoms with E-state index in [1.807, 2.05) is 12.1 Å². The van der Waals surface area contributed by atoms with Gasteiger partial charge in [-0.25, -0.2) is 0 Å². The summed E-state index contributed by atoms with van der Waals surface area (Å²) in [6, 6.07) is 8.20. The number of rotatable bonds is 2. The number of nitrogen functional groups attached to an aromatic ring is 1. The van der Waals surface area contributed by atoms with Crippen LogP contribution in [0.25, 0.3) is 0 Å². The maximum atomic E-state index is 8.86. The van der Waals surface area contributed by atoms with Crippen molar-refractivity contribution >= 4 is 11.4 Å². The van der Waals surface area contributed by atoms with Crippen molar-refractivity contribution in [3.8, 4) is 6.07 Å². The summed E-state index contributed by atoms with van der Waals surface area (Å²) in [7, 11) is 0. The molecular weight excluding hydrogens is 222 g/mol. The fourth-order valence-electron chi connectivity index (χ4n) is 2.75. The highest BCUT2D eigenvalue weighted by atomic mass is 14.9. The van der Waals surface area contributed by atoms with Crippen LogP contribution in [0.5, 0.6) is 0 Å². The Hall–Kier alpha value is -1.69. The first-order valence-electron chi connectivity index (χ1n) is 6.68. The molecule has 1 aromatic rings. The molecule has 1 aromatic carbocycles. The Balaban J connectivity index is 2.09. The van der Waals surface area contributed by atoms with Gasteiger partial charge in [0, 0.05) is 11.7 Å². The predicted octanol–water partition coefficient (Wildman–Crippen LogP) is 3.38. The van der Waals surface area contributed by atoms with Gasteiger partial charge in [-0.15, -0.1) is 0 Å². The molecule has 0 saturated heterocycles. The third kappa shape index (κ3) is 2.59. The molecule has 2 rings (SSSR count). The van der Waals surface area contributed by atoms with Gasteiger partial charge in [-0.2, -0.15) is 5.26 Å². The van der Waals surface area contributed by atoms with Crippen molar-refractivity contribution in [3.05, 3.63) is 23.8 Å². The van der Waals surface area contributed by atoms with Crippen LogP contribution in [-0.2, 0) is 0 Å². The zero-order chi connectivity index (χ0) is 13.1. The molecule has 0 aliphatic heterocycles. The van der Waals surface area contributed by atoms with Gasteiger partial charge in [-0.1, -0.05) is 26.7 Å². The molecule has 0 radical (unpaired) electrons. The third-order valence-electron chi connectivity index (χ3n) is 4.23. The predicted molar refractivity (Wildman–Crippen MR) is 75.2 cm³/mol. The Morgan fingerprint density at radius 3 is 2.78 bits per heavy atom. The second-order valence-corrected chi connectivity index (χ2v) is 5.43. The first kappa shape index (κ1) is 12.8. The van der Waals surface area contributed by atoms with Crippen LogP contribution in [0.2, 0.25) is 0 Å². The van der Waals surface area contributed by atoms with Crippen molar-refractivity contribution in [2.24, 2.45) is 11.8 Å². The second-order valence-electron chi connectivity index (χ2n) is 5.43. The number of nitrogens with zero attached hydrogens (tertiary/aromatic N) is 1. The molecule has 0 aromatic heterocycles. The Morgan fingerprint density at radius 1 is 1.33 bits per heavy atom. The molecule has 3 nitrogen and oxygen atoms in total. The minimum Gasteiger partial charge on any atom is -0.398 e. The second kappa shape index (κ2) is 5.30. The molecule has 0 heterocycles. The Labute approximate surface area is 109 Å². The highest BCUT2D eigenvalue weighted by molar-refractivity contribution is 5.62. The Bertz CT molecular complexity index is 461. The Kier molecular flexibility index (Phi) is 3.76. The lowest BCUT2D eigenvalue weighted by Gasteiger charge is -2.35. The van der Waals surface area contributed by atoms with E-state index in [1.165, 1.54) is 19.3 Å². The van der Waals surface area contributed by atoms with E-state index in [4.69, 9.17) is 11.0 Å². The molecule has 3 heteroatoms. The summed E-state index contributed by atoms with van der Waals surface area (Å²) in [6.45, 7) is 4.64. The topological polar surface area (TPSA) is 61.8 Å². The van der Waals surface area contributed by atoms with E-state index in [1.54, 1.807) is 6.07 Å². The molecule has 3 N–H and O–H groups in total. The first-order chi connectivity index (χ1) is 8.61. The summed E-state index contributed by atoms with van der Waals surface area (Å²) in [5.41, 5.74) is 7.96. The molecule has 18 heavy (non-hydrogen) atoms. The zero-order valence-electron chi connectivity index (χ0n) is 11.1. The van der Waals surface area contributed by atoms with Gasteiger partial charge < -0.3 is 11.1 Å². The largest absolute Gasteiger partial charge is 0.398 e. The molecule has 1 aliphatic carbocycles. The van der Waals surface area contributed by atoms with Crippen molar-refractivity contribution in [3.63, 3.8) is 0 Å². The van der Waals surface area contributed by atoms with Gasteiger partial charge in [0.25, 0.3) is 0 Å². The van der Waals surface area contributed by atoms with E-state index in [-0.39, 0.29) is 0 Å². The molecular formula is C15H21N3. The van der Waals surface area contributed by atoms with E-state index >= 15 is 0 Å². The van der Waals surface area contributed by atoms with Crippen LogP contribution in [-0.4, -0.2) is 6.04 Å². The number of anilines is 2. The first-order valence-corrected chi connectivity index (χ1v) is 6.68. The molecule has 0 spiro atoms. The lowest BCUT2D eigenvalue weighted by Crippen LogP contribution is -2.35. The molecule has 0 amide bonds. The quantitative estimate of drug-likeness (QED) is 0.783. The fraction of sp³-hybridized carbons (Fsp3) is 0.533. The summed E-state index contributed by atoms with van der Waals surface area (Å²) in [6.07, 6.45) is 3.83. The van der Waals surface area contributed by atoms with Crippen LogP contribution in [0.4, 0.5) is 11.4 Å². The van der Waals surface area contributed by atoms with Crippen LogP contribution in [0.15, 0.2) is 18.2 Å². The maximum Gasteiger partial charge on any atom is 0.101 e. The normalized spacial score (nSPS) is 27.5. The molecule has 3 unspecified atom stereocenters. The molecule has 3 atom stereocenters. The Morgan fingerprint density at radius 2 is 2.11 bits per heavy atom. The van der Waals surface area contributed by atoms with Gasteiger partial charge in [0.05, 0.1) is 11.3 Å². The average molecular weight is 243 g/mol. The minimum atomic E-state index is 0.515. The summed E-state index contributed by atoms with van der Waals surface area (Å²) in [5, 5.41) is 12.4. The number of nitrogens with one attached hydrogen (secondary N) is 1. The van der Waals surface area contributed by atoms with Gasteiger partial charge >= 0.3 is 0 Å². The monoisotopic (exact) mass is 243 g/mol. The number of hydrogen-bond donors (Lipinski definition) is 2. The van der Waals surface area contributed by atoms with Gasteiger partial charge in [-0.05, 0) is 36.5 Å². The zero-order valence-corrected chi connectivity index (χ0v) is 11.1. The SMILES string of the molecule is CC1CCCC(Nc2ccc(C#N)c(N)c2)C1C. The van der Waals surface area contributed by atoms with Gasteiger partial charge in [0.15, 0.2) is 0 Å². The van der Waals surface area contributed by atoms with Gasteiger partial charge in [0.1, 0.15) is 6.07 Å². The molecule has 96 valence electrons. The lowest BCUT2D eigenvalue weighted by molar-refractivity contribution is 0.253. The van der Waals surface area contributed by atoms with Crippen molar-refractivity contribution in [2.75, 3.05) is 11.1 Å². The molecule has 1 fully saturated rings. The van der Waals surface area contributed by atoms with Crippen LogP contribution in [0, 0.1) is 23.2 Å². The fourth-order valence-corrected chi connectivity index (χ4v) is 2.75. The summed E-state index contributed by atoms with van der Waals surface area (Å²) >= 11 is 0. The summed E-state index contributed by atoms with van der Waals surface area (Å²) in [4.78, 5) is 0. The molecule has 1 saturated carbocycles. The number of hydrogen-bond acceptors (Lipinski definition) is 3. The molecule has 1 aliphatic rings. The highest BCUT2D eigenvalue weighted by Crippen LogP contribution is 2.32. The van der Waals surface area contributed by atoms with E-state index in [0.29, 0.717) is 23.2 Å². The van der Waals surface area contributed by atoms with Crippen molar-refractivity contribution in [1.82, 2.24) is 0 Å². The van der Waals surface area contributed by atoms with Crippen molar-refractivity contribution in [2.45, 2.75) is 39.2 Å². The van der Waals surface area contributed by atoms with Crippen molar-refractivity contribution in [1.29, 1.82) is 5.26 Å². The van der Waals surface area contributed by atoms with Crippen LogP contribution in [0.1, 0.15) is 38.7 Å².